The van der Waals surface area contributed by atoms with Gasteiger partial charge in [-0.15, -0.1) is 0 Å². The summed E-state index contributed by atoms with van der Waals surface area (Å²) in [5.41, 5.74) is 2.56. The van der Waals surface area contributed by atoms with E-state index in [4.69, 9.17) is 16.6 Å². The Morgan fingerprint density at radius 2 is 1.67 bits per heavy atom. The van der Waals surface area contributed by atoms with Crippen molar-refractivity contribution >= 4 is 23.5 Å². The number of amides is 1. The van der Waals surface area contributed by atoms with Gasteiger partial charge in [0.05, 0.1) is 17.8 Å². The number of piperazine rings is 1. The van der Waals surface area contributed by atoms with Crippen molar-refractivity contribution in [2.24, 2.45) is 0 Å². The zero-order valence-corrected chi connectivity index (χ0v) is 19.0. The first kappa shape index (κ1) is 21.8. The molecule has 1 aromatic heterocycles. The van der Waals surface area contributed by atoms with Gasteiger partial charge in [-0.2, -0.15) is 0 Å². The third-order valence-electron chi connectivity index (χ3n) is 6.42. The van der Waals surface area contributed by atoms with Crippen molar-refractivity contribution in [3.05, 3.63) is 77.4 Å². The molecule has 7 nitrogen and oxygen atoms in total. The highest BCUT2D eigenvalue weighted by atomic mass is 35.5. The lowest BCUT2D eigenvalue weighted by Gasteiger charge is -2.38. The fraction of sp³-hybridized carbons (Fsp3) is 0.320. The number of anilines is 1. The largest absolute Gasteiger partial charge is 0.390 e. The maximum absolute atomic E-state index is 12.8. The molecule has 2 fully saturated rings. The summed E-state index contributed by atoms with van der Waals surface area (Å²) < 4.78 is 0. The fourth-order valence-corrected chi connectivity index (χ4v) is 4.72. The molecule has 3 heterocycles. The van der Waals surface area contributed by atoms with Gasteiger partial charge in [-0.1, -0.05) is 41.9 Å². The van der Waals surface area contributed by atoms with E-state index in [-0.39, 0.29) is 11.9 Å². The van der Waals surface area contributed by atoms with E-state index in [0.717, 1.165) is 24.3 Å². The van der Waals surface area contributed by atoms with Crippen LogP contribution in [-0.4, -0.2) is 82.2 Å². The summed E-state index contributed by atoms with van der Waals surface area (Å²) in [5.74, 6) is 0.653. The minimum Gasteiger partial charge on any atom is -0.390 e. The van der Waals surface area contributed by atoms with Gasteiger partial charge in [-0.05, 0) is 30.3 Å². The van der Waals surface area contributed by atoms with E-state index in [1.807, 2.05) is 46.2 Å². The van der Waals surface area contributed by atoms with Crippen molar-refractivity contribution in [1.82, 2.24) is 19.8 Å². The van der Waals surface area contributed by atoms with E-state index in [0.29, 0.717) is 42.7 Å². The van der Waals surface area contributed by atoms with Crippen LogP contribution in [-0.2, 0) is 0 Å². The van der Waals surface area contributed by atoms with E-state index >= 15 is 0 Å². The third kappa shape index (κ3) is 4.71. The van der Waals surface area contributed by atoms with Crippen molar-refractivity contribution in [1.29, 1.82) is 0 Å². The van der Waals surface area contributed by atoms with E-state index in [1.54, 1.807) is 30.5 Å². The van der Waals surface area contributed by atoms with E-state index in [9.17, 15) is 9.90 Å². The summed E-state index contributed by atoms with van der Waals surface area (Å²) in [4.78, 5) is 28.2. The minimum absolute atomic E-state index is 0.0123. The quantitative estimate of drug-likeness (QED) is 0.641. The van der Waals surface area contributed by atoms with Crippen LogP contribution in [0.3, 0.4) is 0 Å². The number of benzene rings is 2. The van der Waals surface area contributed by atoms with Gasteiger partial charge in [0.25, 0.3) is 5.91 Å². The molecule has 2 aliphatic rings. The molecule has 0 bridgehead atoms. The van der Waals surface area contributed by atoms with Gasteiger partial charge in [0.1, 0.15) is 0 Å². The lowest BCUT2D eigenvalue weighted by atomic mass is 10.1. The van der Waals surface area contributed by atoms with Crippen LogP contribution in [0.25, 0.3) is 11.3 Å². The SMILES string of the molecule is O=C(c1ccc(Cl)cc1)N1CCN([C@@H]2CN(c3nccc(-c4ccccc4)n3)C[C@H]2O)CC1. The Morgan fingerprint density at radius 3 is 2.39 bits per heavy atom. The second-order valence-corrected chi connectivity index (χ2v) is 8.92. The van der Waals surface area contributed by atoms with Crippen LogP contribution in [0.1, 0.15) is 10.4 Å². The molecule has 0 unspecified atom stereocenters. The monoisotopic (exact) mass is 463 g/mol. The summed E-state index contributed by atoms with van der Waals surface area (Å²) in [6.45, 7) is 3.85. The molecule has 0 spiro atoms. The molecule has 33 heavy (non-hydrogen) atoms. The van der Waals surface area contributed by atoms with Crippen LogP contribution in [0.15, 0.2) is 66.9 Å². The van der Waals surface area contributed by atoms with Crippen molar-refractivity contribution in [3.63, 3.8) is 0 Å². The molecule has 1 N–H and O–H groups in total. The predicted molar refractivity (Wildman–Crippen MR) is 128 cm³/mol. The van der Waals surface area contributed by atoms with Crippen LogP contribution >= 0.6 is 11.6 Å². The number of aliphatic hydroxyl groups is 1. The molecule has 1 amide bonds. The van der Waals surface area contributed by atoms with Crippen LogP contribution in [0.5, 0.6) is 0 Å². The molecule has 0 radical (unpaired) electrons. The van der Waals surface area contributed by atoms with Gasteiger partial charge in [-0.25, -0.2) is 9.97 Å². The number of hydrogen-bond donors (Lipinski definition) is 1. The molecule has 2 aliphatic heterocycles. The number of aromatic nitrogens is 2. The molecular weight excluding hydrogens is 438 g/mol. The molecule has 0 saturated carbocycles. The Labute approximate surface area is 198 Å². The number of β-amino-alcohol motifs (C(OH)–C–C–N with tert-alkyl or cyclic N) is 1. The smallest absolute Gasteiger partial charge is 0.253 e. The van der Waals surface area contributed by atoms with Crippen LogP contribution in [0, 0.1) is 0 Å². The van der Waals surface area contributed by atoms with Gasteiger partial charge >= 0.3 is 0 Å². The number of nitrogens with zero attached hydrogens (tertiary/aromatic N) is 5. The highest BCUT2D eigenvalue weighted by Crippen LogP contribution is 2.24. The van der Waals surface area contributed by atoms with Crippen molar-refractivity contribution in [2.75, 3.05) is 44.2 Å². The second-order valence-electron chi connectivity index (χ2n) is 8.48. The van der Waals surface area contributed by atoms with Gasteiger partial charge in [-0.3, -0.25) is 9.69 Å². The highest BCUT2D eigenvalue weighted by Gasteiger charge is 2.38. The molecule has 3 aromatic rings. The normalized spacial score (nSPS) is 21.4. The lowest BCUT2D eigenvalue weighted by molar-refractivity contribution is 0.0376. The predicted octanol–water partition coefficient (Wildman–Crippen LogP) is 2.80. The summed E-state index contributed by atoms with van der Waals surface area (Å²) in [5, 5.41) is 11.4. The molecule has 5 rings (SSSR count). The number of aliphatic hydroxyl groups excluding tert-OH is 1. The number of hydrogen-bond acceptors (Lipinski definition) is 6. The zero-order chi connectivity index (χ0) is 22.8. The lowest BCUT2D eigenvalue weighted by Crippen LogP contribution is -2.54. The molecular formula is C25H26ClN5O2. The molecule has 2 atom stereocenters. The maximum Gasteiger partial charge on any atom is 0.253 e. The summed E-state index contributed by atoms with van der Waals surface area (Å²) in [6.07, 6.45) is 1.28. The minimum atomic E-state index is -0.493. The van der Waals surface area contributed by atoms with Gasteiger partial charge in [0, 0.05) is 61.6 Å². The second kappa shape index (κ2) is 9.47. The Kier molecular flexibility index (Phi) is 6.26. The summed E-state index contributed by atoms with van der Waals surface area (Å²) in [7, 11) is 0. The highest BCUT2D eigenvalue weighted by molar-refractivity contribution is 6.30. The molecule has 0 aliphatic carbocycles. The molecule has 8 heteroatoms. The summed E-state index contributed by atoms with van der Waals surface area (Å²) >= 11 is 5.94. The van der Waals surface area contributed by atoms with E-state index in [1.165, 1.54) is 0 Å². The standard InChI is InChI=1S/C25H26ClN5O2/c26-20-8-6-19(7-9-20)24(33)30-14-12-29(13-15-30)22-16-31(17-23(22)32)25-27-11-10-21(28-25)18-4-2-1-3-5-18/h1-11,22-23,32H,12-17H2/t22-,23-/m1/s1. The Bertz CT molecular complexity index is 1100. The van der Waals surface area contributed by atoms with Crippen molar-refractivity contribution in [2.45, 2.75) is 12.1 Å². The van der Waals surface area contributed by atoms with Gasteiger partial charge < -0.3 is 14.9 Å². The van der Waals surface area contributed by atoms with Crippen LogP contribution in [0.4, 0.5) is 5.95 Å². The Morgan fingerprint density at radius 1 is 0.939 bits per heavy atom. The molecule has 2 saturated heterocycles. The topological polar surface area (TPSA) is 72.8 Å². The van der Waals surface area contributed by atoms with Crippen LogP contribution < -0.4 is 4.90 Å². The van der Waals surface area contributed by atoms with Crippen molar-refractivity contribution in [3.8, 4) is 11.3 Å². The summed E-state index contributed by atoms with van der Waals surface area (Å²) in [6, 6.07) is 18.9. The number of rotatable bonds is 4. The molecule has 170 valence electrons. The van der Waals surface area contributed by atoms with Gasteiger partial charge in [0.2, 0.25) is 5.95 Å². The Hall–Kier alpha value is -3.00. The first-order valence-electron chi connectivity index (χ1n) is 11.2. The van der Waals surface area contributed by atoms with Crippen molar-refractivity contribution < 1.29 is 9.90 Å². The van der Waals surface area contributed by atoms with E-state index in [2.05, 4.69) is 9.88 Å². The average molecular weight is 464 g/mol. The first-order valence-corrected chi connectivity index (χ1v) is 11.6. The van der Waals surface area contributed by atoms with Crippen LogP contribution in [0.2, 0.25) is 5.02 Å². The molecule has 2 aromatic carbocycles. The number of carbonyl (C=O) groups is 1. The average Bonchev–Trinajstić information content (AvgIpc) is 3.26. The zero-order valence-electron chi connectivity index (χ0n) is 18.2. The third-order valence-corrected chi connectivity index (χ3v) is 6.67. The fourth-order valence-electron chi connectivity index (χ4n) is 4.59. The Balaban J connectivity index is 1.22. The maximum atomic E-state index is 12.8. The van der Waals surface area contributed by atoms with Gasteiger partial charge in [0.15, 0.2) is 0 Å². The first-order chi connectivity index (χ1) is 16.1. The van der Waals surface area contributed by atoms with E-state index < -0.39 is 6.10 Å². The number of carbonyl (C=O) groups excluding carboxylic acids is 1. The number of halogens is 1.